The van der Waals surface area contributed by atoms with E-state index in [-0.39, 0.29) is 5.91 Å². The molecule has 1 N–H and O–H groups in total. The normalized spacial score (nSPS) is 13.1. The highest BCUT2D eigenvalue weighted by Gasteiger charge is 1.99. The zero-order chi connectivity index (χ0) is 13.5. The number of amides is 1. The number of thiophene rings is 2. The van der Waals surface area contributed by atoms with Gasteiger partial charge < -0.3 is 0 Å². The Balaban J connectivity index is 1.83. The van der Waals surface area contributed by atoms with Gasteiger partial charge in [0.2, 0.25) is 0 Å². The first-order chi connectivity index (χ1) is 9.24. The van der Waals surface area contributed by atoms with Crippen molar-refractivity contribution in [3.05, 3.63) is 56.3 Å². The van der Waals surface area contributed by atoms with Gasteiger partial charge in [-0.2, -0.15) is 22.7 Å². The fourth-order valence-electron chi connectivity index (χ4n) is 1.22. The number of nitrogens with one attached hydrogen (secondary N) is 1. The van der Waals surface area contributed by atoms with Crippen molar-refractivity contribution in [1.29, 1.82) is 0 Å². The highest BCUT2D eigenvalue weighted by molar-refractivity contribution is 7.86. The minimum absolute atomic E-state index is 0.375. The first-order valence-electron chi connectivity index (χ1n) is 5.36. The zero-order valence-corrected chi connectivity index (χ0v) is 12.3. The summed E-state index contributed by atoms with van der Waals surface area (Å²) in [5, 5.41) is 9.19. The van der Waals surface area contributed by atoms with Crippen LogP contribution in [0.15, 0.2) is 45.1 Å². The third-order valence-electron chi connectivity index (χ3n) is 2.10. The minimum atomic E-state index is -1.51. The lowest BCUT2D eigenvalue weighted by molar-refractivity contribution is -0.114. The van der Waals surface area contributed by atoms with Gasteiger partial charge in [-0.05, 0) is 56.9 Å². The summed E-state index contributed by atoms with van der Waals surface area (Å²) in [5.41, 5.74) is 1.93. The van der Waals surface area contributed by atoms with E-state index < -0.39 is 11.0 Å². The van der Waals surface area contributed by atoms with Gasteiger partial charge in [-0.1, -0.05) is 0 Å². The standard InChI is InChI=1S/C13H11NO2S3/c15-13(2-1-11-3-6-17-9-11)14-19(16)8-5-12-4-7-18-10-12/h1-10H,(H,14,15)/b2-1-,8-5+. The first kappa shape index (κ1) is 13.9. The van der Waals surface area contributed by atoms with Crippen molar-refractivity contribution < 1.29 is 9.00 Å². The van der Waals surface area contributed by atoms with Gasteiger partial charge in [0.25, 0.3) is 5.91 Å². The van der Waals surface area contributed by atoms with Crippen molar-refractivity contribution in [2.24, 2.45) is 0 Å². The summed E-state index contributed by atoms with van der Waals surface area (Å²) in [6.45, 7) is 0. The zero-order valence-electron chi connectivity index (χ0n) is 9.81. The maximum Gasteiger partial charge on any atom is 0.255 e. The second-order valence-electron chi connectivity index (χ2n) is 3.51. The first-order valence-corrected chi connectivity index (χ1v) is 8.46. The Labute approximate surface area is 121 Å². The SMILES string of the molecule is O=C(/C=C\c1ccsc1)NS(=O)/C=C/c1ccsc1. The molecule has 98 valence electrons. The highest BCUT2D eigenvalue weighted by atomic mass is 32.2. The maximum absolute atomic E-state index is 11.6. The molecule has 6 heteroatoms. The van der Waals surface area contributed by atoms with Gasteiger partial charge >= 0.3 is 0 Å². The molecule has 19 heavy (non-hydrogen) atoms. The molecule has 0 aliphatic rings. The lowest BCUT2D eigenvalue weighted by atomic mass is 10.3. The predicted octanol–water partition coefficient (Wildman–Crippen LogP) is 3.27. The molecular formula is C13H11NO2S3. The van der Waals surface area contributed by atoms with Crippen molar-refractivity contribution in [1.82, 2.24) is 4.72 Å². The number of hydrogen-bond donors (Lipinski definition) is 1. The van der Waals surface area contributed by atoms with E-state index in [2.05, 4.69) is 4.72 Å². The van der Waals surface area contributed by atoms with Crippen LogP contribution in [0, 0.1) is 0 Å². The van der Waals surface area contributed by atoms with E-state index in [1.807, 2.05) is 33.7 Å². The second-order valence-corrected chi connectivity index (χ2v) is 6.14. The van der Waals surface area contributed by atoms with Crippen LogP contribution in [0.5, 0.6) is 0 Å². The van der Waals surface area contributed by atoms with Crippen molar-refractivity contribution in [2.75, 3.05) is 0 Å². The van der Waals surface area contributed by atoms with E-state index in [0.29, 0.717) is 0 Å². The summed E-state index contributed by atoms with van der Waals surface area (Å²) in [6, 6.07) is 3.82. The van der Waals surface area contributed by atoms with Gasteiger partial charge in [-0.3, -0.25) is 9.52 Å². The average Bonchev–Trinajstić information content (AvgIpc) is 3.07. The van der Waals surface area contributed by atoms with Gasteiger partial charge in [-0.15, -0.1) is 0 Å². The Kier molecular flexibility index (Phi) is 5.26. The lowest BCUT2D eigenvalue weighted by Gasteiger charge is -1.95. The van der Waals surface area contributed by atoms with Crippen LogP contribution in [0.3, 0.4) is 0 Å². The van der Waals surface area contributed by atoms with Crippen LogP contribution >= 0.6 is 22.7 Å². The van der Waals surface area contributed by atoms with Gasteiger partial charge in [0.1, 0.15) is 11.0 Å². The van der Waals surface area contributed by atoms with E-state index in [4.69, 9.17) is 0 Å². The smallest absolute Gasteiger partial charge is 0.255 e. The molecule has 2 rings (SSSR count). The second kappa shape index (κ2) is 7.18. The average molecular weight is 309 g/mol. The molecule has 0 fully saturated rings. The Hall–Kier alpha value is -1.50. The summed E-state index contributed by atoms with van der Waals surface area (Å²) in [5.74, 6) is -0.375. The van der Waals surface area contributed by atoms with Crippen LogP contribution < -0.4 is 4.72 Å². The molecule has 0 radical (unpaired) electrons. The molecule has 1 unspecified atom stereocenters. The summed E-state index contributed by atoms with van der Waals surface area (Å²) < 4.78 is 13.9. The molecule has 0 aromatic carbocycles. The Bertz CT molecular complexity index is 544. The molecule has 0 saturated carbocycles. The number of rotatable bonds is 5. The third kappa shape index (κ3) is 4.94. The number of hydrogen-bond acceptors (Lipinski definition) is 4. The molecule has 0 aliphatic carbocycles. The van der Waals surface area contributed by atoms with Crippen molar-refractivity contribution in [2.45, 2.75) is 0 Å². The summed E-state index contributed by atoms with van der Waals surface area (Å²) in [6.07, 6.45) is 4.78. The predicted molar refractivity (Wildman–Crippen MR) is 83.0 cm³/mol. The molecule has 2 heterocycles. The van der Waals surface area contributed by atoms with E-state index in [9.17, 15) is 9.00 Å². The topological polar surface area (TPSA) is 46.2 Å². The van der Waals surface area contributed by atoms with Crippen LogP contribution in [0.25, 0.3) is 12.2 Å². The molecule has 0 spiro atoms. The lowest BCUT2D eigenvalue weighted by Crippen LogP contribution is -2.21. The summed E-state index contributed by atoms with van der Waals surface area (Å²) in [7, 11) is -1.51. The van der Waals surface area contributed by atoms with Gasteiger partial charge in [0, 0.05) is 11.5 Å². The van der Waals surface area contributed by atoms with Crippen LogP contribution in [0.4, 0.5) is 0 Å². The van der Waals surface area contributed by atoms with Crippen molar-refractivity contribution in [3.63, 3.8) is 0 Å². The van der Waals surface area contributed by atoms with Gasteiger partial charge in [0.15, 0.2) is 0 Å². The quantitative estimate of drug-likeness (QED) is 0.862. The Morgan fingerprint density at radius 3 is 2.32 bits per heavy atom. The Morgan fingerprint density at radius 1 is 1.11 bits per heavy atom. The van der Waals surface area contributed by atoms with E-state index in [0.717, 1.165) is 11.1 Å². The number of carbonyl (C=O) groups is 1. The van der Waals surface area contributed by atoms with Crippen LogP contribution in [-0.2, 0) is 15.8 Å². The van der Waals surface area contributed by atoms with Gasteiger partial charge in [0.05, 0.1) is 0 Å². The molecule has 0 bridgehead atoms. The summed E-state index contributed by atoms with van der Waals surface area (Å²) in [4.78, 5) is 11.5. The fraction of sp³-hybridized carbons (Fsp3) is 0. The third-order valence-corrected chi connectivity index (χ3v) is 4.29. The Morgan fingerprint density at radius 2 is 1.74 bits per heavy atom. The van der Waals surface area contributed by atoms with Crippen molar-refractivity contribution >= 4 is 51.7 Å². The van der Waals surface area contributed by atoms with Crippen LogP contribution in [0.1, 0.15) is 11.1 Å². The van der Waals surface area contributed by atoms with Crippen molar-refractivity contribution in [3.8, 4) is 0 Å². The number of carbonyl (C=O) groups excluding carboxylic acids is 1. The van der Waals surface area contributed by atoms with E-state index in [1.54, 1.807) is 34.8 Å². The molecule has 2 aromatic rings. The van der Waals surface area contributed by atoms with E-state index >= 15 is 0 Å². The molecule has 0 aliphatic heterocycles. The minimum Gasteiger partial charge on any atom is -0.269 e. The fourth-order valence-corrected chi connectivity index (χ4v) is 3.09. The molecular weight excluding hydrogens is 298 g/mol. The van der Waals surface area contributed by atoms with Crippen LogP contribution in [-0.4, -0.2) is 10.1 Å². The monoisotopic (exact) mass is 309 g/mol. The molecule has 1 amide bonds. The molecule has 1 atom stereocenters. The molecule has 3 nitrogen and oxygen atoms in total. The maximum atomic E-state index is 11.6. The molecule has 0 saturated heterocycles. The van der Waals surface area contributed by atoms with E-state index in [1.165, 1.54) is 11.5 Å². The summed E-state index contributed by atoms with van der Waals surface area (Å²) >= 11 is 3.12. The largest absolute Gasteiger partial charge is 0.269 e. The molecule has 2 aromatic heterocycles. The highest BCUT2D eigenvalue weighted by Crippen LogP contribution is 2.08. The van der Waals surface area contributed by atoms with Crippen LogP contribution in [0.2, 0.25) is 0 Å². The van der Waals surface area contributed by atoms with Gasteiger partial charge in [-0.25, -0.2) is 4.21 Å².